The summed E-state index contributed by atoms with van der Waals surface area (Å²) in [5.74, 6) is 1.98. The Morgan fingerprint density at radius 2 is 1.87 bits per heavy atom. The minimum absolute atomic E-state index is 0.477. The zero-order valence-electron chi connectivity index (χ0n) is 12.4. The Hall–Kier alpha value is -1.45. The van der Waals surface area contributed by atoms with E-state index < -0.39 is 0 Å². The molecule has 0 saturated carbocycles. The Kier molecular flexibility index (Phi) is 4.08. The quantitative estimate of drug-likeness (QED) is 0.543. The van der Waals surface area contributed by atoms with Crippen LogP contribution in [-0.4, -0.2) is 20.2 Å². The molecule has 4 rings (SSSR count). The second-order valence-corrected chi connectivity index (χ2v) is 8.78. The normalized spacial score (nSPS) is 14.8. The van der Waals surface area contributed by atoms with Gasteiger partial charge in [-0.25, -0.2) is 9.97 Å². The molecule has 0 aliphatic heterocycles. The van der Waals surface area contributed by atoms with E-state index in [9.17, 15) is 0 Å². The smallest absolute Gasteiger partial charge is 0.203 e. The van der Waals surface area contributed by atoms with Crippen LogP contribution in [-0.2, 0) is 18.6 Å². The number of hydrogen-bond acceptors (Lipinski definition) is 9. The number of fused-ring (bicyclic) bond motifs is 3. The van der Waals surface area contributed by atoms with Crippen LogP contribution in [0.15, 0.2) is 4.34 Å². The molecule has 23 heavy (non-hydrogen) atoms. The molecule has 9 heteroatoms. The molecule has 0 aromatic carbocycles. The fraction of sp³-hybridized carbons (Fsp3) is 0.429. The lowest BCUT2D eigenvalue weighted by atomic mass is 10.1. The fourth-order valence-electron chi connectivity index (χ4n) is 2.88. The molecule has 0 bridgehead atoms. The molecule has 3 aromatic rings. The Bertz CT molecular complexity index is 856. The summed E-state index contributed by atoms with van der Waals surface area (Å²) in [5, 5.41) is 9.37. The molecule has 4 N–H and O–H groups in total. The van der Waals surface area contributed by atoms with Crippen LogP contribution in [0.5, 0.6) is 0 Å². The molecule has 120 valence electrons. The average Bonchev–Trinajstić information content (AvgIpc) is 3.02. The third-order valence-corrected chi connectivity index (χ3v) is 6.95. The second kappa shape index (κ2) is 6.21. The van der Waals surface area contributed by atoms with Gasteiger partial charge in [0.2, 0.25) is 5.13 Å². The van der Waals surface area contributed by atoms with Gasteiger partial charge in [0.05, 0.1) is 11.1 Å². The molecular formula is C14H16N6S3. The van der Waals surface area contributed by atoms with Gasteiger partial charge < -0.3 is 11.5 Å². The van der Waals surface area contributed by atoms with Crippen molar-refractivity contribution in [2.45, 2.75) is 42.2 Å². The highest BCUT2D eigenvalue weighted by atomic mass is 32.2. The van der Waals surface area contributed by atoms with Gasteiger partial charge in [0.25, 0.3) is 0 Å². The number of nitrogens with two attached hydrogens (primary N) is 2. The highest BCUT2D eigenvalue weighted by molar-refractivity contribution is 8.00. The summed E-state index contributed by atoms with van der Waals surface area (Å²) >= 11 is 4.69. The molecule has 1 aliphatic rings. The second-order valence-electron chi connectivity index (χ2n) is 5.46. The Balaban J connectivity index is 1.64. The summed E-state index contributed by atoms with van der Waals surface area (Å²) in [6, 6.07) is 0. The molecule has 3 heterocycles. The molecule has 0 spiro atoms. The fourth-order valence-corrected chi connectivity index (χ4v) is 5.66. The molecule has 0 amide bonds. The lowest BCUT2D eigenvalue weighted by Gasteiger charge is -2.03. The van der Waals surface area contributed by atoms with E-state index in [2.05, 4.69) is 15.2 Å². The Labute approximate surface area is 145 Å². The summed E-state index contributed by atoms with van der Waals surface area (Å²) in [4.78, 5) is 11.7. The van der Waals surface area contributed by atoms with Crippen molar-refractivity contribution < 1.29 is 0 Å². The molecule has 0 unspecified atom stereocenters. The number of thioether (sulfide) groups is 1. The van der Waals surface area contributed by atoms with Crippen LogP contribution in [0.3, 0.4) is 0 Å². The van der Waals surface area contributed by atoms with E-state index in [1.165, 1.54) is 52.8 Å². The third kappa shape index (κ3) is 3.00. The minimum atomic E-state index is 0.477. The molecule has 0 radical (unpaired) electrons. The molecule has 0 saturated heterocycles. The summed E-state index contributed by atoms with van der Waals surface area (Å²) in [6.45, 7) is 0. The Morgan fingerprint density at radius 1 is 1.00 bits per heavy atom. The van der Waals surface area contributed by atoms with Gasteiger partial charge >= 0.3 is 0 Å². The van der Waals surface area contributed by atoms with Gasteiger partial charge in [-0.2, -0.15) is 0 Å². The number of nitrogens with zero attached hydrogens (tertiary/aromatic N) is 4. The number of thiophene rings is 1. The maximum Gasteiger partial charge on any atom is 0.203 e. The zero-order valence-corrected chi connectivity index (χ0v) is 14.9. The van der Waals surface area contributed by atoms with Crippen molar-refractivity contribution in [2.24, 2.45) is 0 Å². The maximum absolute atomic E-state index is 6.25. The summed E-state index contributed by atoms with van der Waals surface area (Å²) in [5.41, 5.74) is 13.2. The van der Waals surface area contributed by atoms with E-state index >= 15 is 0 Å². The van der Waals surface area contributed by atoms with Gasteiger partial charge in [-0.15, -0.1) is 21.5 Å². The third-order valence-electron chi connectivity index (χ3n) is 3.89. The summed E-state index contributed by atoms with van der Waals surface area (Å²) in [6.07, 6.45) is 6.02. The lowest BCUT2D eigenvalue weighted by molar-refractivity contribution is 0.713. The molecule has 3 aromatic heterocycles. The largest absolute Gasteiger partial charge is 0.383 e. The first-order valence-corrected chi connectivity index (χ1v) is 10.1. The average molecular weight is 365 g/mol. The van der Waals surface area contributed by atoms with Crippen molar-refractivity contribution in [3.63, 3.8) is 0 Å². The number of aromatic nitrogens is 4. The highest BCUT2D eigenvalue weighted by Gasteiger charge is 2.19. The Morgan fingerprint density at radius 3 is 2.70 bits per heavy atom. The van der Waals surface area contributed by atoms with E-state index in [4.69, 9.17) is 16.5 Å². The van der Waals surface area contributed by atoms with Crippen molar-refractivity contribution in [2.75, 3.05) is 11.5 Å². The van der Waals surface area contributed by atoms with Crippen molar-refractivity contribution in [1.82, 2.24) is 20.2 Å². The van der Waals surface area contributed by atoms with Gasteiger partial charge in [0.1, 0.15) is 16.5 Å². The van der Waals surface area contributed by atoms with Gasteiger partial charge in [-0.05, 0) is 31.2 Å². The number of nitrogen functional groups attached to an aromatic ring is 2. The molecule has 0 fully saturated rings. The van der Waals surface area contributed by atoms with Crippen LogP contribution >= 0.6 is 34.4 Å². The van der Waals surface area contributed by atoms with Crippen molar-refractivity contribution >= 4 is 55.6 Å². The van der Waals surface area contributed by atoms with E-state index in [0.29, 0.717) is 16.7 Å². The predicted octanol–water partition coefficient (Wildman–Crippen LogP) is 3.27. The summed E-state index contributed by atoms with van der Waals surface area (Å²) in [7, 11) is 0. The van der Waals surface area contributed by atoms with Crippen molar-refractivity contribution in [1.29, 1.82) is 0 Å². The lowest BCUT2D eigenvalue weighted by Crippen LogP contribution is -2.00. The molecule has 1 aliphatic carbocycles. The topological polar surface area (TPSA) is 104 Å². The van der Waals surface area contributed by atoms with E-state index in [0.717, 1.165) is 33.2 Å². The first-order chi connectivity index (χ1) is 11.2. The first-order valence-electron chi connectivity index (χ1n) is 7.49. The van der Waals surface area contributed by atoms with E-state index in [1.54, 1.807) is 11.3 Å². The molecule has 6 nitrogen and oxygen atoms in total. The van der Waals surface area contributed by atoms with Crippen molar-refractivity contribution in [3.05, 3.63) is 16.3 Å². The number of hydrogen-bond donors (Lipinski definition) is 2. The van der Waals surface area contributed by atoms with Crippen LogP contribution in [0, 0.1) is 0 Å². The first kappa shape index (κ1) is 15.1. The monoisotopic (exact) mass is 364 g/mol. The van der Waals surface area contributed by atoms with E-state index in [1.807, 2.05) is 0 Å². The highest BCUT2D eigenvalue weighted by Crippen LogP contribution is 2.37. The number of anilines is 2. The van der Waals surface area contributed by atoms with Gasteiger partial charge in [-0.1, -0.05) is 29.5 Å². The van der Waals surface area contributed by atoms with Crippen LogP contribution < -0.4 is 11.5 Å². The van der Waals surface area contributed by atoms with Crippen molar-refractivity contribution in [3.8, 4) is 0 Å². The number of aryl methyl sites for hydroxylation is 2. The zero-order chi connectivity index (χ0) is 15.8. The van der Waals surface area contributed by atoms with Crippen LogP contribution in [0.1, 0.15) is 35.5 Å². The van der Waals surface area contributed by atoms with Gasteiger partial charge in [0, 0.05) is 4.88 Å². The van der Waals surface area contributed by atoms with E-state index in [-0.39, 0.29) is 0 Å². The van der Waals surface area contributed by atoms with Gasteiger partial charge in [0.15, 0.2) is 4.34 Å². The van der Waals surface area contributed by atoms with Crippen LogP contribution in [0.2, 0.25) is 0 Å². The number of rotatable bonds is 3. The van der Waals surface area contributed by atoms with Crippen LogP contribution in [0.4, 0.5) is 10.9 Å². The SMILES string of the molecule is Nc1nnc(SCc2nc(N)c3c4c(sc3n2)CCCCC4)s1. The van der Waals surface area contributed by atoms with Crippen LogP contribution in [0.25, 0.3) is 10.2 Å². The molecular weight excluding hydrogens is 348 g/mol. The maximum atomic E-state index is 6.25. The summed E-state index contributed by atoms with van der Waals surface area (Å²) < 4.78 is 0.826. The molecule has 0 atom stereocenters. The van der Waals surface area contributed by atoms with Gasteiger partial charge in [-0.3, -0.25) is 0 Å². The predicted molar refractivity (Wildman–Crippen MR) is 97.0 cm³/mol. The standard InChI is InChI=1S/C14H16N6S3/c15-11-10-7-4-2-1-3-5-8(7)22-12(10)18-9(17-11)6-21-14-20-19-13(16)23-14/h1-6H2,(H2,16,19)(H2,15,17,18). The minimum Gasteiger partial charge on any atom is -0.383 e.